The zero-order chi connectivity index (χ0) is 19.6. The van der Waals surface area contributed by atoms with Gasteiger partial charge in [-0.25, -0.2) is 8.42 Å². The number of nitrogens with zero attached hydrogens (tertiary/aromatic N) is 1. The molecule has 1 heterocycles. The van der Waals surface area contributed by atoms with Crippen molar-refractivity contribution in [3.63, 3.8) is 0 Å². The van der Waals surface area contributed by atoms with Crippen LogP contribution >= 0.6 is 23.2 Å². The summed E-state index contributed by atoms with van der Waals surface area (Å²) in [6.07, 6.45) is 0. The molecule has 1 fully saturated rings. The highest BCUT2D eigenvalue weighted by Crippen LogP contribution is 2.31. The highest BCUT2D eigenvalue weighted by molar-refractivity contribution is 7.92. The zero-order valence-electron chi connectivity index (χ0n) is 14.5. The lowest BCUT2D eigenvalue weighted by Crippen LogP contribution is -2.40. The van der Waals surface area contributed by atoms with Crippen LogP contribution in [0.5, 0.6) is 0 Å². The molecule has 144 valence electrons. The summed E-state index contributed by atoms with van der Waals surface area (Å²) in [7, 11) is -4.00. The van der Waals surface area contributed by atoms with Crippen molar-refractivity contribution < 1.29 is 17.9 Å². The van der Waals surface area contributed by atoms with Gasteiger partial charge in [-0.15, -0.1) is 0 Å². The van der Waals surface area contributed by atoms with Gasteiger partial charge in [-0.3, -0.25) is 9.52 Å². The summed E-state index contributed by atoms with van der Waals surface area (Å²) >= 11 is 12.3. The molecule has 9 heteroatoms. The van der Waals surface area contributed by atoms with Crippen molar-refractivity contribution in [2.45, 2.75) is 11.8 Å². The van der Waals surface area contributed by atoms with E-state index >= 15 is 0 Å². The molecule has 6 nitrogen and oxygen atoms in total. The predicted molar refractivity (Wildman–Crippen MR) is 105 cm³/mol. The first-order valence-corrected chi connectivity index (χ1v) is 10.5. The molecule has 1 amide bonds. The number of ether oxygens (including phenoxy) is 1. The van der Waals surface area contributed by atoms with E-state index in [1.807, 2.05) is 13.0 Å². The summed E-state index contributed by atoms with van der Waals surface area (Å²) in [5.41, 5.74) is 1.40. The number of anilines is 1. The van der Waals surface area contributed by atoms with E-state index in [4.69, 9.17) is 27.9 Å². The molecule has 3 rings (SSSR count). The molecular weight excluding hydrogens is 411 g/mol. The standard InChI is InChI=1S/C18H18Cl2N2O4S/c1-12-3-2-4-13(9-12)21-27(24,25)17-10-14(15(19)11-16(17)20)18(23)22-5-7-26-8-6-22/h2-4,9-11,21H,5-8H2,1H3. The van der Waals surface area contributed by atoms with Crippen molar-refractivity contribution in [2.75, 3.05) is 31.0 Å². The monoisotopic (exact) mass is 428 g/mol. The number of aryl methyl sites for hydroxylation is 1. The zero-order valence-corrected chi connectivity index (χ0v) is 16.9. The van der Waals surface area contributed by atoms with Gasteiger partial charge in [-0.05, 0) is 36.8 Å². The molecule has 27 heavy (non-hydrogen) atoms. The number of amides is 1. The van der Waals surface area contributed by atoms with Crippen LogP contribution in [0.1, 0.15) is 15.9 Å². The number of rotatable bonds is 4. The molecule has 0 radical (unpaired) electrons. The van der Waals surface area contributed by atoms with Gasteiger partial charge >= 0.3 is 0 Å². The maximum absolute atomic E-state index is 12.8. The summed E-state index contributed by atoms with van der Waals surface area (Å²) in [5, 5.41) is 0.0460. The minimum absolute atomic E-state index is 0.0568. The summed E-state index contributed by atoms with van der Waals surface area (Å²) in [6.45, 7) is 3.54. The number of carbonyl (C=O) groups is 1. The number of benzene rings is 2. The summed E-state index contributed by atoms with van der Waals surface area (Å²) in [6, 6.07) is 9.42. The lowest BCUT2D eigenvalue weighted by atomic mass is 10.2. The van der Waals surface area contributed by atoms with Crippen LogP contribution in [0.3, 0.4) is 0 Å². The Hall–Kier alpha value is -1.80. The van der Waals surface area contributed by atoms with E-state index in [0.29, 0.717) is 32.0 Å². The van der Waals surface area contributed by atoms with Gasteiger partial charge in [0.25, 0.3) is 15.9 Å². The highest BCUT2D eigenvalue weighted by Gasteiger charge is 2.26. The van der Waals surface area contributed by atoms with Crippen molar-refractivity contribution in [1.29, 1.82) is 0 Å². The second kappa shape index (κ2) is 8.06. The van der Waals surface area contributed by atoms with Gasteiger partial charge in [0.1, 0.15) is 4.90 Å². The van der Waals surface area contributed by atoms with Crippen molar-refractivity contribution >= 4 is 44.8 Å². The van der Waals surface area contributed by atoms with E-state index in [1.54, 1.807) is 23.1 Å². The molecule has 1 aliphatic rings. The molecule has 1 N–H and O–H groups in total. The van der Waals surface area contributed by atoms with Crippen molar-refractivity contribution in [3.05, 3.63) is 57.6 Å². The molecule has 2 aromatic carbocycles. The number of hydrogen-bond donors (Lipinski definition) is 1. The van der Waals surface area contributed by atoms with Crippen molar-refractivity contribution in [2.24, 2.45) is 0 Å². The minimum Gasteiger partial charge on any atom is -0.378 e. The van der Waals surface area contributed by atoms with Gasteiger partial charge in [0, 0.05) is 18.8 Å². The number of morpholine rings is 1. The summed E-state index contributed by atoms with van der Waals surface area (Å²) < 4.78 is 33.3. The number of nitrogens with one attached hydrogen (secondary N) is 1. The number of hydrogen-bond acceptors (Lipinski definition) is 4. The molecule has 0 aromatic heterocycles. The SMILES string of the molecule is Cc1cccc(NS(=O)(=O)c2cc(C(=O)N3CCOCC3)c(Cl)cc2Cl)c1. The third-order valence-corrected chi connectivity index (χ3v) is 6.27. The fraction of sp³-hybridized carbons (Fsp3) is 0.278. The van der Waals surface area contributed by atoms with Crippen LogP contribution < -0.4 is 4.72 Å². The van der Waals surface area contributed by atoms with Crippen LogP contribution in [0.2, 0.25) is 10.0 Å². The molecule has 0 spiro atoms. The van der Waals surface area contributed by atoms with E-state index in [9.17, 15) is 13.2 Å². The second-order valence-corrected chi connectivity index (χ2v) is 8.61. The molecule has 1 saturated heterocycles. The van der Waals surface area contributed by atoms with Crippen LogP contribution in [-0.4, -0.2) is 45.5 Å². The lowest BCUT2D eigenvalue weighted by Gasteiger charge is -2.27. The molecule has 0 bridgehead atoms. The number of halogens is 2. The number of carbonyl (C=O) groups excluding carboxylic acids is 1. The molecule has 2 aromatic rings. The van der Waals surface area contributed by atoms with Gasteiger partial charge in [0.05, 0.1) is 28.8 Å². The Labute approximate surface area is 168 Å². The Morgan fingerprint density at radius 1 is 1.11 bits per heavy atom. The molecule has 1 aliphatic heterocycles. The van der Waals surface area contributed by atoms with Gasteiger partial charge in [-0.2, -0.15) is 0 Å². The fourth-order valence-corrected chi connectivity index (χ4v) is 4.66. The third kappa shape index (κ3) is 4.55. The molecular formula is C18H18Cl2N2O4S. The van der Waals surface area contributed by atoms with E-state index in [-0.39, 0.29) is 26.4 Å². The Bertz CT molecular complexity index is 973. The Kier molecular flexibility index (Phi) is 5.95. The average Bonchev–Trinajstić information content (AvgIpc) is 2.61. The van der Waals surface area contributed by atoms with E-state index in [0.717, 1.165) is 5.56 Å². The van der Waals surface area contributed by atoms with E-state index < -0.39 is 10.0 Å². The maximum Gasteiger partial charge on any atom is 0.263 e. The summed E-state index contributed by atoms with van der Waals surface area (Å²) in [4.78, 5) is 14.1. The van der Waals surface area contributed by atoms with Crippen molar-refractivity contribution in [1.82, 2.24) is 4.90 Å². The van der Waals surface area contributed by atoms with Gasteiger partial charge < -0.3 is 9.64 Å². The first-order chi connectivity index (χ1) is 12.8. The van der Waals surface area contributed by atoms with Crippen molar-refractivity contribution in [3.8, 4) is 0 Å². The largest absolute Gasteiger partial charge is 0.378 e. The van der Waals surface area contributed by atoms with Crippen LogP contribution in [0.25, 0.3) is 0 Å². The average molecular weight is 429 g/mol. The van der Waals surface area contributed by atoms with E-state index in [2.05, 4.69) is 4.72 Å². The van der Waals surface area contributed by atoms with Crippen LogP contribution in [0.4, 0.5) is 5.69 Å². The fourth-order valence-electron chi connectivity index (χ4n) is 2.75. The molecule has 0 aliphatic carbocycles. The highest BCUT2D eigenvalue weighted by atomic mass is 35.5. The quantitative estimate of drug-likeness (QED) is 0.807. The first-order valence-electron chi connectivity index (χ1n) is 8.23. The summed E-state index contributed by atoms with van der Waals surface area (Å²) in [5.74, 6) is -0.355. The van der Waals surface area contributed by atoms with Crippen LogP contribution in [0.15, 0.2) is 41.3 Å². The Balaban J connectivity index is 1.96. The molecule has 0 atom stereocenters. The second-order valence-electron chi connectivity index (χ2n) is 6.14. The number of sulfonamides is 1. The topological polar surface area (TPSA) is 75.7 Å². The van der Waals surface area contributed by atoms with Crippen LogP contribution in [0, 0.1) is 6.92 Å². The smallest absolute Gasteiger partial charge is 0.263 e. The molecule has 0 saturated carbocycles. The maximum atomic E-state index is 12.8. The van der Waals surface area contributed by atoms with Gasteiger partial charge in [-0.1, -0.05) is 35.3 Å². The lowest BCUT2D eigenvalue weighted by molar-refractivity contribution is 0.0303. The van der Waals surface area contributed by atoms with Crippen LogP contribution in [-0.2, 0) is 14.8 Å². The van der Waals surface area contributed by atoms with Gasteiger partial charge in [0.2, 0.25) is 0 Å². The Morgan fingerprint density at radius 3 is 2.48 bits per heavy atom. The molecule has 0 unspecified atom stereocenters. The third-order valence-electron chi connectivity index (χ3n) is 4.11. The first kappa shape index (κ1) is 19.9. The minimum atomic E-state index is -4.00. The normalized spacial score (nSPS) is 14.9. The van der Waals surface area contributed by atoms with E-state index in [1.165, 1.54) is 12.1 Å². The predicted octanol–water partition coefficient (Wildman–Crippen LogP) is 3.58. The van der Waals surface area contributed by atoms with Gasteiger partial charge in [0.15, 0.2) is 0 Å². The Morgan fingerprint density at radius 2 is 1.81 bits per heavy atom.